The summed E-state index contributed by atoms with van der Waals surface area (Å²) in [5.74, 6) is -4.81. The van der Waals surface area contributed by atoms with Crippen LogP contribution in [0.1, 0.15) is 78.2 Å². The number of esters is 1. The van der Waals surface area contributed by atoms with Gasteiger partial charge in [0.25, 0.3) is 5.91 Å². The van der Waals surface area contributed by atoms with E-state index in [1.54, 1.807) is 26.8 Å². The highest BCUT2D eigenvalue weighted by Gasteiger charge is 2.35. The molecule has 0 saturated heterocycles. The van der Waals surface area contributed by atoms with E-state index in [4.69, 9.17) is 19.8 Å². The molecule has 2 aromatic rings. The van der Waals surface area contributed by atoms with E-state index in [1.807, 2.05) is 0 Å². The Labute approximate surface area is 182 Å². The quantitative estimate of drug-likeness (QED) is 0.777. The van der Waals surface area contributed by atoms with E-state index in [1.165, 1.54) is 18.2 Å². The number of fused-ring (bicyclic) bond motifs is 1. The molecule has 1 N–H and O–H groups in total. The second-order valence-corrected chi connectivity index (χ2v) is 7.42. The van der Waals surface area contributed by atoms with Crippen LogP contribution in [0, 0.1) is 11.3 Å². The predicted octanol–water partition coefficient (Wildman–Crippen LogP) is 3.93. The van der Waals surface area contributed by atoms with Crippen LogP contribution >= 0.6 is 0 Å². The van der Waals surface area contributed by atoms with Gasteiger partial charge in [0.05, 0.1) is 12.6 Å². The van der Waals surface area contributed by atoms with Gasteiger partial charge in [-0.2, -0.15) is 5.10 Å². The van der Waals surface area contributed by atoms with Gasteiger partial charge in [0.15, 0.2) is 5.69 Å². The molecule has 6 nitrogen and oxygen atoms in total. The summed E-state index contributed by atoms with van der Waals surface area (Å²) < 4.78 is 97.0. The highest BCUT2D eigenvalue weighted by Crippen LogP contribution is 2.28. The zero-order valence-electron chi connectivity index (χ0n) is 27.2. The molecule has 152 valence electrons. The molecule has 0 bridgehead atoms. The molecule has 0 spiro atoms. The third kappa shape index (κ3) is 4.37. The van der Waals surface area contributed by atoms with Crippen LogP contribution in [-0.4, -0.2) is 34.8 Å². The summed E-state index contributed by atoms with van der Waals surface area (Å²) in [6, 6.07) is 4.93. The van der Waals surface area contributed by atoms with E-state index in [9.17, 15) is 9.59 Å². The first kappa shape index (κ1) is 10.4. The second kappa shape index (κ2) is 8.33. The molecule has 1 amide bonds. The summed E-state index contributed by atoms with van der Waals surface area (Å²) in [5.41, 5.74) is -0.900. The highest BCUT2D eigenvalue weighted by molar-refractivity contribution is 6.06. The lowest BCUT2D eigenvalue weighted by molar-refractivity contribution is -0.145. The Kier molecular flexibility index (Phi) is 3.10. The molecule has 28 heavy (non-hydrogen) atoms. The van der Waals surface area contributed by atoms with Crippen molar-refractivity contribution in [2.75, 3.05) is 7.11 Å². The first-order chi connectivity index (χ1) is 17.4. The van der Waals surface area contributed by atoms with E-state index >= 15 is 0 Å². The van der Waals surface area contributed by atoms with Gasteiger partial charge in [0, 0.05) is 27.0 Å². The molecule has 1 aliphatic carbocycles. The number of benzene rings is 1. The summed E-state index contributed by atoms with van der Waals surface area (Å²) in [7, 11) is 1.16. The average molecular weight is 397 g/mol. The Morgan fingerprint density at radius 3 is 2.64 bits per heavy atom. The van der Waals surface area contributed by atoms with E-state index in [0.717, 1.165) is 11.8 Å². The van der Waals surface area contributed by atoms with Crippen LogP contribution < -0.4 is 5.32 Å². The van der Waals surface area contributed by atoms with Gasteiger partial charge in [-0.05, 0) is 30.1 Å². The SMILES string of the molecule is [2H]C1([2H])C([2H])([2H])C([2H])([2H])C([2H])(Cn2nc(C(=O)N[C@@H](C(=O)OC)C(C)(C)C)c3ccccc32)C([2H])([2H])C1([2H])[2H]. The number of aromatic nitrogens is 2. The van der Waals surface area contributed by atoms with Crippen LogP contribution in [0.4, 0.5) is 0 Å². The Bertz CT molecular complexity index is 1270. The number of nitrogens with one attached hydrogen (secondary N) is 1. The summed E-state index contributed by atoms with van der Waals surface area (Å²) in [5, 5.41) is 6.92. The Hall–Kier alpha value is -2.37. The predicted molar refractivity (Wildman–Crippen MR) is 109 cm³/mol. The monoisotopic (exact) mass is 396 g/mol. The number of amides is 1. The van der Waals surface area contributed by atoms with E-state index in [2.05, 4.69) is 10.4 Å². The molecule has 1 aliphatic rings. The smallest absolute Gasteiger partial charge is 0.328 e. The molecular formula is C22H31N3O3. The van der Waals surface area contributed by atoms with Crippen molar-refractivity contribution in [2.24, 2.45) is 11.3 Å². The number of hydrogen-bond acceptors (Lipinski definition) is 4. The van der Waals surface area contributed by atoms with E-state index in [0.29, 0.717) is 0 Å². The van der Waals surface area contributed by atoms with Crippen LogP contribution in [0.3, 0.4) is 0 Å². The van der Waals surface area contributed by atoms with Crippen molar-refractivity contribution in [3.05, 3.63) is 30.0 Å². The van der Waals surface area contributed by atoms with Crippen molar-refractivity contribution in [1.82, 2.24) is 15.1 Å². The van der Waals surface area contributed by atoms with Gasteiger partial charge in [-0.15, -0.1) is 0 Å². The lowest BCUT2D eigenvalue weighted by Crippen LogP contribution is -2.49. The second-order valence-electron chi connectivity index (χ2n) is 7.42. The maximum atomic E-state index is 13.3. The Morgan fingerprint density at radius 2 is 2.00 bits per heavy atom. The fourth-order valence-corrected chi connectivity index (χ4v) is 2.87. The van der Waals surface area contributed by atoms with Crippen LogP contribution in [0.15, 0.2) is 24.3 Å². The maximum absolute atomic E-state index is 13.3. The van der Waals surface area contributed by atoms with Crippen LogP contribution in [0.5, 0.6) is 0 Å². The largest absolute Gasteiger partial charge is 0.467 e. The fraction of sp³-hybridized carbons (Fsp3) is 0.591. The van der Waals surface area contributed by atoms with Crippen molar-refractivity contribution in [3.63, 3.8) is 0 Å². The minimum absolute atomic E-state index is 0.126. The van der Waals surface area contributed by atoms with Gasteiger partial charge in [0.2, 0.25) is 0 Å². The zero-order valence-corrected chi connectivity index (χ0v) is 16.2. The molecule has 0 aliphatic heterocycles. The summed E-state index contributed by atoms with van der Waals surface area (Å²) in [6.07, 6.45) is -18.1. The average Bonchev–Trinajstić information content (AvgIpc) is 3.18. The number of rotatable bonds is 5. The zero-order chi connectivity index (χ0) is 30.2. The number of nitrogens with zero attached hydrogens (tertiary/aromatic N) is 2. The van der Waals surface area contributed by atoms with E-state index < -0.39 is 67.6 Å². The summed E-state index contributed by atoms with van der Waals surface area (Å²) in [4.78, 5) is 25.7. The van der Waals surface area contributed by atoms with Crippen molar-refractivity contribution in [1.29, 1.82) is 0 Å². The maximum Gasteiger partial charge on any atom is 0.328 e. The Balaban J connectivity index is 2.18. The van der Waals surface area contributed by atoms with Crippen molar-refractivity contribution in [2.45, 2.75) is 65.2 Å². The summed E-state index contributed by atoms with van der Waals surface area (Å²) >= 11 is 0. The Morgan fingerprint density at radius 1 is 1.32 bits per heavy atom. The number of methoxy groups -OCH3 is 1. The van der Waals surface area contributed by atoms with Crippen LogP contribution in [0.2, 0.25) is 0 Å². The molecule has 6 heteroatoms. The van der Waals surface area contributed by atoms with Gasteiger partial charge in [-0.1, -0.05) is 58.1 Å². The van der Waals surface area contributed by atoms with Crippen molar-refractivity contribution in [3.8, 4) is 0 Å². The number of ether oxygens (including phenoxy) is 1. The molecule has 0 radical (unpaired) electrons. The van der Waals surface area contributed by atoms with Crippen LogP contribution in [0.25, 0.3) is 10.9 Å². The van der Waals surface area contributed by atoms with Gasteiger partial charge < -0.3 is 10.1 Å². The van der Waals surface area contributed by atoms with Crippen molar-refractivity contribution < 1.29 is 29.4 Å². The van der Waals surface area contributed by atoms with Gasteiger partial charge in [0.1, 0.15) is 6.04 Å². The number of carbonyl (C=O) groups excluding carboxylic acids is 2. The first-order valence-corrected chi connectivity index (χ1v) is 8.78. The van der Waals surface area contributed by atoms with Gasteiger partial charge >= 0.3 is 5.97 Å². The third-order valence-electron chi connectivity index (χ3n) is 4.31. The molecule has 1 aromatic carbocycles. The molecule has 1 saturated carbocycles. The van der Waals surface area contributed by atoms with Gasteiger partial charge in [-0.3, -0.25) is 9.48 Å². The normalized spacial score (nSPS) is 32.6. The van der Waals surface area contributed by atoms with Gasteiger partial charge in [-0.25, -0.2) is 4.79 Å². The molecular weight excluding hydrogens is 354 g/mol. The minimum Gasteiger partial charge on any atom is -0.467 e. The molecule has 1 heterocycles. The molecule has 1 aromatic heterocycles. The van der Waals surface area contributed by atoms with Crippen LogP contribution in [-0.2, 0) is 16.1 Å². The van der Waals surface area contributed by atoms with Crippen molar-refractivity contribution >= 4 is 22.8 Å². The topological polar surface area (TPSA) is 73.2 Å². The number of para-hydroxylation sites is 1. The number of hydrogen-bond donors (Lipinski definition) is 1. The first-order valence-electron chi connectivity index (χ1n) is 14.3. The lowest BCUT2D eigenvalue weighted by atomic mass is 9.86. The lowest BCUT2D eigenvalue weighted by Gasteiger charge is -2.28. The molecule has 0 unspecified atom stereocenters. The fourth-order valence-electron chi connectivity index (χ4n) is 2.87. The number of carbonyl (C=O) groups is 2. The molecule has 1 fully saturated rings. The standard InChI is InChI=1S/C22H31N3O3/c1-22(2,3)19(21(27)28-4)23-20(26)18-16-12-8-9-13-17(16)25(24-18)14-15-10-6-5-7-11-15/h8-9,12-13,15,19H,5-7,10-11,14H2,1-4H3,(H,23,26)/t19-/m0/s1/i5D2,6D2,7D2,10D2,11D2,15D. The molecule has 3 rings (SSSR count). The third-order valence-corrected chi connectivity index (χ3v) is 4.31. The summed E-state index contributed by atoms with van der Waals surface area (Å²) in [6.45, 7) is 4.02. The molecule has 1 atom stereocenters. The van der Waals surface area contributed by atoms with E-state index in [-0.39, 0.29) is 16.6 Å². The minimum atomic E-state index is -3.65. The highest BCUT2D eigenvalue weighted by atomic mass is 16.5.